The number of alkyl halides is 10. The zero-order valence-corrected chi connectivity index (χ0v) is 7.51. The van der Waals surface area contributed by atoms with Gasteiger partial charge in [-0.25, -0.2) is 0 Å². The van der Waals surface area contributed by atoms with Crippen molar-refractivity contribution in [2.24, 2.45) is 5.16 Å². The summed E-state index contributed by atoms with van der Waals surface area (Å²) in [5.41, 5.74) is 0. The summed E-state index contributed by atoms with van der Waals surface area (Å²) in [4.78, 5) is 2.02. The maximum Gasteiger partial charge on any atom is 0.593 e. The molecule has 0 spiro atoms. The molecule has 0 rings (SSSR count). The molecule has 0 atom stereocenters. The third kappa shape index (κ3) is 3.35. The molecule has 0 amide bonds. The van der Waals surface area contributed by atoms with Gasteiger partial charge in [0, 0.05) is 0 Å². The van der Waals surface area contributed by atoms with Gasteiger partial charge in [0.05, 0.1) is 0 Å². The van der Waals surface area contributed by atoms with Gasteiger partial charge in [-0.3, -0.25) is 4.84 Å². The van der Waals surface area contributed by atoms with Crippen LogP contribution in [0.3, 0.4) is 0 Å². The van der Waals surface area contributed by atoms with Crippen LogP contribution in [0.1, 0.15) is 0 Å². The molecule has 0 aromatic carbocycles. The molecule has 0 aliphatic rings. The Labute approximate surface area is 90.0 Å². The minimum absolute atomic E-state index is 0.842. The minimum atomic E-state index is -6.96. The lowest BCUT2D eigenvalue weighted by Gasteiger charge is -2.25. The topological polar surface area (TPSA) is 21.6 Å². The van der Waals surface area contributed by atoms with Crippen molar-refractivity contribution in [3.8, 4) is 0 Å². The third-order valence-electron chi connectivity index (χ3n) is 1.24. The molecule has 108 valence electrons. The van der Waals surface area contributed by atoms with E-state index >= 15 is 0 Å². The van der Waals surface area contributed by atoms with E-state index in [0.717, 1.165) is 5.16 Å². The minimum Gasteiger partial charge on any atom is -0.291 e. The van der Waals surface area contributed by atoms with Crippen LogP contribution in [-0.2, 0) is 4.84 Å². The molecule has 0 unspecified atom stereocenters. The van der Waals surface area contributed by atoms with Crippen LogP contribution in [0.2, 0.25) is 0 Å². The van der Waals surface area contributed by atoms with E-state index in [1.807, 2.05) is 4.84 Å². The zero-order chi connectivity index (χ0) is 15.0. The van der Waals surface area contributed by atoms with Crippen molar-refractivity contribution >= 4 is 5.97 Å². The number of hydrogen-bond donors (Lipinski definition) is 0. The maximum atomic E-state index is 12.2. The first-order chi connectivity index (χ1) is 7.63. The summed E-state index contributed by atoms with van der Waals surface area (Å²) in [6.07, 6.45) is -12.7. The summed E-state index contributed by atoms with van der Waals surface area (Å²) in [6, 6.07) is 0. The molecule has 0 aromatic rings. The molecular formula is C5F11NO. The van der Waals surface area contributed by atoms with Crippen molar-refractivity contribution in [2.45, 2.75) is 24.4 Å². The molecule has 0 saturated carbocycles. The number of rotatable bonds is 3. The van der Waals surface area contributed by atoms with Crippen LogP contribution in [-0.4, -0.2) is 30.3 Å². The SMILES string of the molecule is FC(=NOC(F)(F)F)C(F)(F)C(F)(F)C(F)(F)F. The van der Waals surface area contributed by atoms with E-state index in [1.54, 1.807) is 0 Å². The molecule has 0 heterocycles. The molecule has 0 N–H and O–H groups in total. The Kier molecular flexibility index (Phi) is 4.10. The second-order valence-electron chi connectivity index (χ2n) is 2.57. The van der Waals surface area contributed by atoms with Gasteiger partial charge in [-0.15, -0.1) is 13.2 Å². The van der Waals surface area contributed by atoms with E-state index in [2.05, 4.69) is 0 Å². The second-order valence-corrected chi connectivity index (χ2v) is 2.57. The number of hydrogen-bond acceptors (Lipinski definition) is 2. The van der Waals surface area contributed by atoms with Crippen molar-refractivity contribution in [3.05, 3.63) is 0 Å². The summed E-state index contributed by atoms with van der Waals surface area (Å²) in [5, 5.41) is 0.842. The second kappa shape index (κ2) is 4.42. The average molecular weight is 299 g/mol. The lowest BCUT2D eigenvalue weighted by molar-refractivity contribution is -0.342. The average Bonchev–Trinajstić information content (AvgIpc) is 2.10. The summed E-state index contributed by atoms with van der Waals surface area (Å²) in [5.74, 6) is -17.6. The predicted molar refractivity (Wildman–Crippen MR) is 31.6 cm³/mol. The van der Waals surface area contributed by atoms with Crippen LogP contribution in [0.5, 0.6) is 0 Å². The number of oxime groups is 1. The number of nitrogens with zero attached hydrogens (tertiary/aromatic N) is 1. The molecule has 0 fully saturated rings. The highest BCUT2D eigenvalue weighted by molar-refractivity contribution is 5.83. The number of halogens is 11. The molecule has 13 heteroatoms. The predicted octanol–water partition coefficient (Wildman–Crippen LogP) is 3.64. The van der Waals surface area contributed by atoms with E-state index in [1.165, 1.54) is 0 Å². The van der Waals surface area contributed by atoms with Crippen molar-refractivity contribution in [1.82, 2.24) is 0 Å². The van der Waals surface area contributed by atoms with E-state index in [9.17, 15) is 48.3 Å². The van der Waals surface area contributed by atoms with Crippen molar-refractivity contribution in [3.63, 3.8) is 0 Å². The Bertz CT molecular complexity index is 325. The lowest BCUT2D eigenvalue weighted by atomic mass is 10.1. The molecule has 0 saturated heterocycles. The molecule has 0 aliphatic carbocycles. The van der Waals surface area contributed by atoms with Crippen molar-refractivity contribution in [2.75, 3.05) is 0 Å². The molecule has 0 radical (unpaired) electrons. The highest BCUT2D eigenvalue weighted by Gasteiger charge is 2.76. The lowest BCUT2D eigenvalue weighted by Crippen LogP contribution is -2.55. The molecular weight excluding hydrogens is 299 g/mol. The standard InChI is InChI=1S/C5F11NO/c6-1(17-18-5(14,15)16)2(7,8)3(9,10)4(11,12)13. The van der Waals surface area contributed by atoms with Crippen molar-refractivity contribution < 1.29 is 53.1 Å². The molecule has 0 aromatic heterocycles. The fourth-order valence-corrected chi connectivity index (χ4v) is 0.457. The Morgan fingerprint density at radius 2 is 1.17 bits per heavy atom. The van der Waals surface area contributed by atoms with Crippen LogP contribution in [0.25, 0.3) is 0 Å². The fraction of sp³-hybridized carbons (Fsp3) is 0.800. The molecule has 18 heavy (non-hydrogen) atoms. The largest absolute Gasteiger partial charge is 0.593 e. The monoisotopic (exact) mass is 299 g/mol. The van der Waals surface area contributed by atoms with Gasteiger partial charge in [0.15, 0.2) is 0 Å². The smallest absolute Gasteiger partial charge is 0.291 e. The Morgan fingerprint density at radius 3 is 1.44 bits per heavy atom. The molecule has 0 aliphatic heterocycles. The van der Waals surface area contributed by atoms with Gasteiger partial charge in [0.25, 0.3) is 0 Å². The van der Waals surface area contributed by atoms with Gasteiger partial charge >= 0.3 is 30.3 Å². The van der Waals surface area contributed by atoms with Gasteiger partial charge in [0.2, 0.25) is 0 Å². The van der Waals surface area contributed by atoms with E-state index in [0.29, 0.717) is 0 Å². The quantitative estimate of drug-likeness (QED) is 0.443. The third-order valence-corrected chi connectivity index (χ3v) is 1.24. The van der Waals surface area contributed by atoms with Crippen LogP contribution in [0.15, 0.2) is 5.16 Å². The summed E-state index contributed by atoms with van der Waals surface area (Å²) >= 11 is 0. The highest BCUT2D eigenvalue weighted by Crippen LogP contribution is 2.47. The van der Waals surface area contributed by atoms with Crippen molar-refractivity contribution in [1.29, 1.82) is 0 Å². The van der Waals surface area contributed by atoms with Crippen LogP contribution >= 0.6 is 0 Å². The normalized spacial score (nSPS) is 15.8. The maximum absolute atomic E-state index is 12.2. The van der Waals surface area contributed by atoms with E-state index in [-0.39, 0.29) is 0 Å². The Hall–Kier alpha value is -1.30. The Morgan fingerprint density at radius 1 is 0.778 bits per heavy atom. The summed E-state index contributed by atoms with van der Waals surface area (Å²) < 4.78 is 129. The first kappa shape index (κ1) is 16.7. The van der Waals surface area contributed by atoms with Crippen LogP contribution in [0.4, 0.5) is 48.3 Å². The van der Waals surface area contributed by atoms with Gasteiger partial charge in [-0.1, -0.05) is 0 Å². The fourth-order valence-electron chi connectivity index (χ4n) is 0.457. The summed E-state index contributed by atoms with van der Waals surface area (Å²) in [7, 11) is 0. The van der Waals surface area contributed by atoms with Crippen LogP contribution < -0.4 is 0 Å². The van der Waals surface area contributed by atoms with Gasteiger partial charge in [0.1, 0.15) is 0 Å². The first-order valence-electron chi connectivity index (χ1n) is 3.44. The zero-order valence-electron chi connectivity index (χ0n) is 7.51. The summed E-state index contributed by atoms with van der Waals surface area (Å²) in [6.45, 7) is 0. The van der Waals surface area contributed by atoms with Crippen LogP contribution in [0, 0.1) is 0 Å². The van der Waals surface area contributed by atoms with Gasteiger partial charge < -0.3 is 0 Å². The highest BCUT2D eigenvalue weighted by atomic mass is 19.4. The molecule has 0 bridgehead atoms. The van der Waals surface area contributed by atoms with E-state index in [4.69, 9.17) is 0 Å². The van der Waals surface area contributed by atoms with E-state index < -0.39 is 30.3 Å². The molecule has 2 nitrogen and oxygen atoms in total. The van der Waals surface area contributed by atoms with Gasteiger partial charge in [-0.05, 0) is 5.16 Å². The van der Waals surface area contributed by atoms with Gasteiger partial charge in [-0.2, -0.15) is 35.1 Å². The Balaban J connectivity index is 5.27. The first-order valence-corrected chi connectivity index (χ1v) is 3.44.